The minimum absolute atomic E-state index is 0.326. The molecule has 0 spiro atoms. The first-order chi connectivity index (χ1) is 8.29. The summed E-state index contributed by atoms with van der Waals surface area (Å²) in [6.45, 7) is 1.88. The average molecular weight is 232 g/mol. The molecule has 0 aliphatic heterocycles. The van der Waals surface area contributed by atoms with E-state index in [0.717, 1.165) is 17.0 Å². The molecule has 0 bridgehead atoms. The summed E-state index contributed by atoms with van der Waals surface area (Å²) in [5.74, 6) is 1.11. The van der Waals surface area contributed by atoms with Crippen LogP contribution in [0.4, 0.5) is 5.95 Å². The summed E-state index contributed by atoms with van der Waals surface area (Å²) in [6, 6.07) is 7.63. The number of hydrogen-bond acceptors (Lipinski definition) is 6. The number of aromatic amines is 1. The zero-order valence-electron chi connectivity index (χ0n) is 9.51. The van der Waals surface area contributed by atoms with Gasteiger partial charge in [-0.2, -0.15) is 10.3 Å². The van der Waals surface area contributed by atoms with Gasteiger partial charge in [0.2, 0.25) is 0 Å². The lowest BCUT2D eigenvalue weighted by Gasteiger charge is -2.03. The first kappa shape index (κ1) is 11.1. The third kappa shape index (κ3) is 2.77. The van der Waals surface area contributed by atoms with E-state index in [1.54, 1.807) is 7.11 Å². The molecule has 1 aromatic heterocycles. The van der Waals surface area contributed by atoms with E-state index in [4.69, 9.17) is 4.74 Å². The van der Waals surface area contributed by atoms with Crippen LogP contribution in [0.1, 0.15) is 12.5 Å². The van der Waals surface area contributed by atoms with Gasteiger partial charge < -0.3 is 4.74 Å². The molecule has 2 rings (SSSR count). The van der Waals surface area contributed by atoms with Crippen molar-refractivity contribution in [3.63, 3.8) is 0 Å². The first-order valence-corrected chi connectivity index (χ1v) is 4.98. The summed E-state index contributed by atoms with van der Waals surface area (Å²) in [7, 11) is 1.63. The van der Waals surface area contributed by atoms with Crippen LogP contribution < -0.4 is 10.2 Å². The van der Waals surface area contributed by atoms with Crippen LogP contribution >= 0.6 is 0 Å². The van der Waals surface area contributed by atoms with Crippen molar-refractivity contribution in [3.05, 3.63) is 29.8 Å². The number of H-pyrrole nitrogens is 1. The number of ether oxygens (including phenoxy) is 1. The predicted molar refractivity (Wildman–Crippen MR) is 63.0 cm³/mol. The number of hydrogen-bond donors (Lipinski definition) is 2. The van der Waals surface area contributed by atoms with E-state index < -0.39 is 0 Å². The Morgan fingerprint density at radius 1 is 1.47 bits per heavy atom. The van der Waals surface area contributed by atoms with E-state index in [0.29, 0.717) is 5.95 Å². The first-order valence-electron chi connectivity index (χ1n) is 4.98. The summed E-state index contributed by atoms with van der Waals surface area (Å²) in [6.07, 6.45) is 0. The molecule has 2 N–H and O–H groups in total. The summed E-state index contributed by atoms with van der Waals surface area (Å²) in [4.78, 5) is 0. The lowest BCUT2D eigenvalue weighted by atomic mass is 10.1. The Morgan fingerprint density at radius 3 is 3.06 bits per heavy atom. The maximum atomic E-state index is 5.14. The Balaban J connectivity index is 2.12. The molecule has 0 aliphatic carbocycles. The second-order valence-electron chi connectivity index (χ2n) is 3.28. The van der Waals surface area contributed by atoms with E-state index in [2.05, 4.69) is 31.2 Å². The summed E-state index contributed by atoms with van der Waals surface area (Å²) < 4.78 is 5.14. The minimum atomic E-state index is 0.326. The van der Waals surface area contributed by atoms with Gasteiger partial charge in [0.05, 0.1) is 12.8 Å². The van der Waals surface area contributed by atoms with Gasteiger partial charge in [-0.25, -0.2) is 5.43 Å². The summed E-state index contributed by atoms with van der Waals surface area (Å²) in [5, 5.41) is 17.3. The van der Waals surface area contributed by atoms with Gasteiger partial charge in [-0.15, -0.1) is 5.10 Å². The van der Waals surface area contributed by atoms with Gasteiger partial charge in [0.25, 0.3) is 5.95 Å². The lowest BCUT2D eigenvalue weighted by molar-refractivity contribution is 0.414. The smallest absolute Gasteiger partial charge is 0.283 e. The number of aromatic nitrogens is 4. The van der Waals surface area contributed by atoms with Crippen LogP contribution in [0.25, 0.3) is 0 Å². The molecule has 0 atom stereocenters. The number of nitrogens with one attached hydrogen (secondary N) is 2. The van der Waals surface area contributed by atoms with Crippen molar-refractivity contribution in [2.75, 3.05) is 12.5 Å². The fourth-order valence-corrected chi connectivity index (χ4v) is 1.26. The lowest BCUT2D eigenvalue weighted by Crippen LogP contribution is -2.01. The number of tetrazole rings is 1. The third-order valence-corrected chi connectivity index (χ3v) is 2.16. The molecule has 17 heavy (non-hydrogen) atoms. The topological polar surface area (TPSA) is 88.1 Å². The molecule has 0 fully saturated rings. The number of rotatable bonds is 4. The van der Waals surface area contributed by atoms with Gasteiger partial charge in [-0.1, -0.05) is 17.2 Å². The number of hydrazone groups is 1. The van der Waals surface area contributed by atoms with Gasteiger partial charge in [-0.05, 0) is 24.3 Å². The van der Waals surface area contributed by atoms with Crippen LogP contribution in [0.5, 0.6) is 5.75 Å². The molecule has 0 saturated heterocycles. The fourth-order valence-electron chi connectivity index (χ4n) is 1.26. The van der Waals surface area contributed by atoms with Crippen LogP contribution in [0.2, 0.25) is 0 Å². The van der Waals surface area contributed by atoms with E-state index in [9.17, 15) is 0 Å². The Bertz CT molecular complexity index is 507. The molecule has 0 amide bonds. The molecule has 0 aliphatic rings. The molecule has 0 radical (unpaired) electrons. The van der Waals surface area contributed by atoms with Crippen molar-refractivity contribution < 1.29 is 4.74 Å². The molecule has 88 valence electrons. The van der Waals surface area contributed by atoms with Crippen LogP contribution in [0.3, 0.4) is 0 Å². The number of methoxy groups -OCH3 is 1. The van der Waals surface area contributed by atoms with Crippen molar-refractivity contribution >= 4 is 11.7 Å². The van der Waals surface area contributed by atoms with E-state index in [-0.39, 0.29) is 0 Å². The van der Waals surface area contributed by atoms with Crippen LogP contribution in [-0.4, -0.2) is 33.4 Å². The van der Waals surface area contributed by atoms with Gasteiger partial charge in [-0.3, -0.25) is 0 Å². The fraction of sp³-hybridized carbons (Fsp3) is 0.200. The Labute approximate surface area is 97.9 Å². The molecule has 0 unspecified atom stereocenters. The summed E-state index contributed by atoms with van der Waals surface area (Å²) >= 11 is 0. The Hall–Kier alpha value is -2.44. The zero-order valence-corrected chi connectivity index (χ0v) is 9.51. The summed E-state index contributed by atoms with van der Waals surface area (Å²) in [5.41, 5.74) is 4.45. The Kier molecular flexibility index (Phi) is 3.29. The molecule has 7 heteroatoms. The largest absolute Gasteiger partial charge is 0.497 e. The SMILES string of the molecule is COc1cccc(C(C)=NNc2nn[nH]n2)c1. The zero-order chi connectivity index (χ0) is 12.1. The molecule has 2 aromatic rings. The van der Waals surface area contributed by atoms with Crippen molar-refractivity contribution in [1.82, 2.24) is 20.6 Å². The molecule has 1 aromatic carbocycles. The maximum Gasteiger partial charge on any atom is 0.283 e. The van der Waals surface area contributed by atoms with E-state index >= 15 is 0 Å². The van der Waals surface area contributed by atoms with Crippen LogP contribution in [0, 0.1) is 0 Å². The van der Waals surface area contributed by atoms with Gasteiger partial charge in [0.1, 0.15) is 5.75 Å². The molecular formula is C10H12N6O. The highest BCUT2D eigenvalue weighted by Gasteiger charge is 2.00. The second kappa shape index (κ2) is 5.06. The Morgan fingerprint density at radius 2 is 2.35 bits per heavy atom. The van der Waals surface area contributed by atoms with Crippen molar-refractivity contribution in [3.8, 4) is 5.75 Å². The number of benzene rings is 1. The monoisotopic (exact) mass is 232 g/mol. The van der Waals surface area contributed by atoms with Crippen LogP contribution in [0.15, 0.2) is 29.4 Å². The highest BCUT2D eigenvalue weighted by atomic mass is 16.5. The molecule has 0 saturated carbocycles. The van der Waals surface area contributed by atoms with Crippen molar-refractivity contribution in [2.45, 2.75) is 6.92 Å². The van der Waals surface area contributed by atoms with Crippen molar-refractivity contribution in [1.29, 1.82) is 0 Å². The second-order valence-corrected chi connectivity index (χ2v) is 3.28. The average Bonchev–Trinajstić information content (AvgIpc) is 2.89. The van der Waals surface area contributed by atoms with Gasteiger partial charge in [0, 0.05) is 5.56 Å². The van der Waals surface area contributed by atoms with Crippen molar-refractivity contribution in [2.24, 2.45) is 5.10 Å². The quantitative estimate of drug-likeness (QED) is 0.607. The van der Waals surface area contributed by atoms with Crippen LogP contribution in [-0.2, 0) is 0 Å². The minimum Gasteiger partial charge on any atom is -0.497 e. The molecular weight excluding hydrogens is 220 g/mol. The van der Waals surface area contributed by atoms with E-state index in [1.807, 2.05) is 31.2 Å². The molecule has 1 heterocycles. The third-order valence-electron chi connectivity index (χ3n) is 2.16. The van der Waals surface area contributed by atoms with Gasteiger partial charge in [0.15, 0.2) is 0 Å². The standard InChI is InChI=1S/C10H12N6O/c1-7(11-12-10-13-15-16-14-10)8-4-3-5-9(6-8)17-2/h3-6H,1-2H3,(H2,12,13,14,15,16). The predicted octanol–water partition coefficient (Wildman–Crippen LogP) is 1.04. The van der Waals surface area contributed by atoms with Gasteiger partial charge >= 0.3 is 0 Å². The number of nitrogens with zero attached hydrogens (tertiary/aromatic N) is 4. The highest BCUT2D eigenvalue weighted by molar-refractivity contribution is 5.99. The number of anilines is 1. The highest BCUT2D eigenvalue weighted by Crippen LogP contribution is 2.13. The normalized spacial score (nSPS) is 11.3. The maximum absolute atomic E-state index is 5.14. The molecule has 7 nitrogen and oxygen atoms in total. The van der Waals surface area contributed by atoms with E-state index in [1.165, 1.54) is 0 Å².